The van der Waals surface area contributed by atoms with Crippen LogP contribution >= 0.6 is 0 Å². The number of halogens is 2. The summed E-state index contributed by atoms with van der Waals surface area (Å²) in [5.41, 5.74) is 1.46. The molecule has 0 radical (unpaired) electrons. The lowest BCUT2D eigenvalue weighted by Crippen LogP contribution is -2.34. The maximum Gasteiger partial charge on any atom is 0.127 e. The van der Waals surface area contributed by atoms with Crippen molar-refractivity contribution in [2.75, 3.05) is 19.8 Å². The van der Waals surface area contributed by atoms with E-state index in [0.717, 1.165) is 5.56 Å². The molecule has 0 amide bonds. The number of aliphatic hydroxyl groups is 1. The number of aliphatic hydroxyl groups excluding tert-OH is 1. The van der Waals surface area contributed by atoms with Gasteiger partial charge in [-0.25, -0.2) is 8.78 Å². The molecule has 0 heterocycles. The van der Waals surface area contributed by atoms with Crippen LogP contribution in [0.2, 0.25) is 0 Å². The lowest BCUT2D eigenvalue weighted by molar-refractivity contribution is 0.00539. The Morgan fingerprint density at radius 3 is 2.31 bits per heavy atom. The molecule has 1 unspecified atom stereocenters. The first-order chi connectivity index (χ1) is 12.4. The van der Waals surface area contributed by atoms with Crippen molar-refractivity contribution in [2.45, 2.75) is 33.0 Å². The van der Waals surface area contributed by atoms with E-state index in [1.54, 1.807) is 30.3 Å². The second-order valence-corrected chi connectivity index (χ2v) is 6.97. The van der Waals surface area contributed by atoms with Crippen LogP contribution in [0.15, 0.2) is 48.5 Å². The quantitative estimate of drug-likeness (QED) is 0.693. The van der Waals surface area contributed by atoms with Crippen molar-refractivity contribution in [3.8, 4) is 0 Å². The third-order valence-electron chi connectivity index (χ3n) is 3.90. The molecule has 26 heavy (non-hydrogen) atoms. The van der Waals surface area contributed by atoms with Crippen LogP contribution in [0.25, 0.3) is 0 Å². The fraction of sp³-hybridized carbons (Fsp3) is 0.429. The predicted molar refractivity (Wildman–Crippen MR) is 98.6 cm³/mol. The minimum atomic E-state index is -0.680. The zero-order valence-corrected chi connectivity index (χ0v) is 15.4. The first kappa shape index (κ1) is 20.5. The van der Waals surface area contributed by atoms with Crippen molar-refractivity contribution in [3.63, 3.8) is 0 Å². The van der Waals surface area contributed by atoms with E-state index in [4.69, 9.17) is 4.74 Å². The number of ether oxygens (including phenoxy) is 1. The van der Waals surface area contributed by atoms with Crippen molar-refractivity contribution in [1.82, 2.24) is 4.90 Å². The van der Waals surface area contributed by atoms with Gasteiger partial charge in [0.05, 0.1) is 12.7 Å². The van der Waals surface area contributed by atoms with Gasteiger partial charge >= 0.3 is 0 Å². The average molecular weight is 363 g/mol. The summed E-state index contributed by atoms with van der Waals surface area (Å²) in [4.78, 5) is 1.94. The summed E-state index contributed by atoms with van der Waals surface area (Å²) in [5, 5.41) is 10.3. The van der Waals surface area contributed by atoms with E-state index in [9.17, 15) is 13.9 Å². The van der Waals surface area contributed by atoms with Crippen LogP contribution in [0.4, 0.5) is 8.78 Å². The molecule has 1 atom stereocenters. The summed E-state index contributed by atoms with van der Waals surface area (Å²) < 4.78 is 32.6. The van der Waals surface area contributed by atoms with Crippen molar-refractivity contribution >= 4 is 0 Å². The Morgan fingerprint density at radius 1 is 0.962 bits per heavy atom. The number of nitrogens with zero attached hydrogens (tertiary/aromatic N) is 1. The second kappa shape index (κ2) is 10.4. The van der Waals surface area contributed by atoms with Crippen molar-refractivity contribution in [1.29, 1.82) is 0 Å². The van der Waals surface area contributed by atoms with Gasteiger partial charge in [-0.2, -0.15) is 0 Å². The van der Waals surface area contributed by atoms with Crippen LogP contribution in [-0.2, 0) is 17.8 Å². The topological polar surface area (TPSA) is 32.7 Å². The summed E-state index contributed by atoms with van der Waals surface area (Å²) in [6, 6.07) is 12.8. The highest BCUT2D eigenvalue weighted by molar-refractivity contribution is 5.19. The van der Waals surface area contributed by atoms with Crippen molar-refractivity contribution in [2.24, 2.45) is 5.92 Å². The van der Waals surface area contributed by atoms with Gasteiger partial charge in [0.15, 0.2) is 0 Å². The van der Waals surface area contributed by atoms with Gasteiger partial charge in [-0.1, -0.05) is 44.2 Å². The summed E-state index contributed by atoms with van der Waals surface area (Å²) >= 11 is 0. The van der Waals surface area contributed by atoms with E-state index in [2.05, 4.69) is 0 Å². The standard InChI is InChI=1S/C21H27F2NO2/c1-16(2)14-26-15-20(25)13-24(11-17-7-9-19(22)10-8-17)12-18-5-3-4-6-21(18)23/h3-10,16,20,25H,11-15H2,1-2H3. The molecule has 0 aliphatic carbocycles. The Kier molecular flexibility index (Phi) is 8.16. The molecule has 142 valence electrons. The maximum atomic E-state index is 14.0. The lowest BCUT2D eigenvalue weighted by atomic mass is 10.1. The predicted octanol–water partition coefficient (Wildman–Crippen LogP) is 4.00. The normalized spacial score (nSPS) is 12.7. The molecule has 3 nitrogen and oxygen atoms in total. The summed E-state index contributed by atoms with van der Waals surface area (Å²) in [5.74, 6) is -0.172. The van der Waals surface area contributed by atoms with Gasteiger partial charge in [-0.3, -0.25) is 4.90 Å². The summed E-state index contributed by atoms with van der Waals surface area (Å²) in [6.45, 7) is 6.08. The SMILES string of the molecule is CC(C)COCC(O)CN(Cc1ccc(F)cc1)Cc1ccccc1F. The molecule has 2 aromatic rings. The molecule has 0 bridgehead atoms. The Hall–Kier alpha value is -1.82. The second-order valence-electron chi connectivity index (χ2n) is 6.97. The first-order valence-corrected chi connectivity index (χ1v) is 8.90. The Morgan fingerprint density at radius 2 is 1.65 bits per heavy atom. The largest absolute Gasteiger partial charge is 0.389 e. The van der Waals surface area contributed by atoms with Gasteiger partial charge in [0.25, 0.3) is 0 Å². The molecule has 0 aliphatic heterocycles. The highest BCUT2D eigenvalue weighted by Gasteiger charge is 2.15. The highest BCUT2D eigenvalue weighted by Crippen LogP contribution is 2.14. The fourth-order valence-corrected chi connectivity index (χ4v) is 2.69. The number of benzene rings is 2. The molecule has 0 aromatic heterocycles. The molecule has 2 aromatic carbocycles. The molecule has 5 heteroatoms. The third-order valence-corrected chi connectivity index (χ3v) is 3.90. The van der Waals surface area contributed by atoms with Crippen molar-refractivity contribution < 1.29 is 18.6 Å². The van der Waals surface area contributed by atoms with Gasteiger partial charge in [0.1, 0.15) is 11.6 Å². The summed E-state index contributed by atoms with van der Waals surface area (Å²) in [7, 11) is 0. The average Bonchev–Trinajstić information content (AvgIpc) is 2.58. The fourth-order valence-electron chi connectivity index (χ4n) is 2.69. The lowest BCUT2D eigenvalue weighted by Gasteiger charge is -2.25. The molecule has 0 spiro atoms. The molecule has 2 rings (SSSR count). The van der Waals surface area contributed by atoms with Crippen molar-refractivity contribution in [3.05, 3.63) is 71.3 Å². The minimum Gasteiger partial charge on any atom is -0.389 e. The van der Waals surface area contributed by atoms with E-state index >= 15 is 0 Å². The van der Waals surface area contributed by atoms with Crippen LogP contribution in [0, 0.1) is 17.6 Å². The van der Waals surface area contributed by atoms with Gasteiger partial charge in [0.2, 0.25) is 0 Å². The van der Waals surface area contributed by atoms with Gasteiger partial charge < -0.3 is 9.84 Å². The Bertz CT molecular complexity index is 661. The van der Waals surface area contributed by atoms with Gasteiger partial charge in [0, 0.05) is 31.8 Å². The zero-order valence-electron chi connectivity index (χ0n) is 15.4. The number of rotatable bonds is 10. The maximum absolute atomic E-state index is 14.0. The minimum absolute atomic E-state index is 0.232. The molecular formula is C21H27F2NO2. The van der Waals surface area contributed by atoms with E-state index in [1.165, 1.54) is 18.2 Å². The van der Waals surface area contributed by atoms with Crippen LogP contribution in [0.3, 0.4) is 0 Å². The molecule has 0 saturated carbocycles. The molecule has 0 saturated heterocycles. The molecule has 0 aliphatic rings. The number of hydrogen-bond acceptors (Lipinski definition) is 3. The highest BCUT2D eigenvalue weighted by atomic mass is 19.1. The van der Waals surface area contributed by atoms with Crippen LogP contribution in [-0.4, -0.2) is 35.9 Å². The first-order valence-electron chi connectivity index (χ1n) is 8.90. The van der Waals surface area contributed by atoms with Crippen LogP contribution in [0.5, 0.6) is 0 Å². The van der Waals surface area contributed by atoms with E-state index in [0.29, 0.717) is 37.7 Å². The molecule has 0 fully saturated rings. The van der Waals surface area contributed by atoms with Crippen LogP contribution in [0.1, 0.15) is 25.0 Å². The van der Waals surface area contributed by atoms with E-state index < -0.39 is 6.10 Å². The smallest absolute Gasteiger partial charge is 0.127 e. The third kappa shape index (κ3) is 7.20. The number of hydrogen-bond donors (Lipinski definition) is 1. The Balaban J connectivity index is 2.02. The molecule has 1 N–H and O–H groups in total. The Labute approximate surface area is 154 Å². The monoisotopic (exact) mass is 363 g/mol. The van der Waals surface area contributed by atoms with E-state index in [-0.39, 0.29) is 18.2 Å². The van der Waals surface area contributed by atoms with Crippen LogP contribution < -0.4 is 0 Å². The zero-order chi connectivity index (χ0) is 18.9. The van der Waals surface area contributed by atoms with E-state index in [1.807, 2.05) is 18.7 Å². The summed E-state index contributed by atoms with van der Waals surface area (Å²) in [6.07, 6.45) is -0.680. The molecular weight excluding hydrogens is 336 g/mol. The van der Waals surface area contributed by atoms with Gasteiger partial charge in [-0.15, -0.1) is 0 Å². The van der Waals surface area contributed by atoms with Gasteiger partial charge in [-0.05, 0) is 29.7 Å².